The van der Waals surface area contributed by atoms with Crippen molar-refractivity contribution < 1.29 is 9.53 Å². The number of nitrogens with one attached hydrogen (secondary N) is 1. The summed E-state index contributed by atoms with van der Waals surface area (Å²) in [5.41, 5.74) is 4.97. The fourth-order valence-corrected chi connectivity index (χ4v) is 2.41. The summed E-state index contributed by atoms with van der Waals surface area (Å²) >= 11 is 0. The van der Waals surface area contributed by atoms with Crippen LogP contribution in [0.1, 0.15) is 29.8 Å². The average Bonchev–Trinajstić information content (AvgIpc) is 2.69. The van der Waals surface area contributed by atoms with Gasteiger partial charge in [-0.2, -0.15) is 10.4 Å². The third-order valence-electron chi connectivity index (χ3n) is 3.82. The molecule has 0 aliphatic rings. The molecule has 26 heavy (non-hydrogen) atoms. The second-order valence-corrected chi connectivity index (χ2v) is 5.43. The van der Waals surface area contributed by atoms with Crippen LogP contribution in [0.4, 0.5) is 5.69 Å². The van der Waals surface area contributed by atoms with E-state index in [1.807, 2.05) is 18.2 Å². The molecule has 2 aromatic rings. The number of nitrogens with zero attached hydrogens (tertiary/aromatic N) is 3. The summed E-state index contributed by atoms with van der Waals surface area (Å²) in [5.74, 6) is 0.349. The van der Waals surface area contributed by atoms with Gasteiger partial charge in [0, 0.05) is 24.3 Å². The zero-order valence-corrected chi connectivity index (χ0v) is 15.0. The van der Waals surface area contributed by atoms with Crippen LogP contribution in [0, 0.1) is 11.3 Å². The fraction of sp³-hybridized carbons (Fsp3) is 0.250. The van der Waals surface area contributed by atoms with Crippen LogP contribution in [0.3, 0.4) is 0 Å². The maximum Gasteiger partial charge on any atom is 0.271 e. The Hall–Kier alpha value is -3.33. The molecule has 0 unspecified atom stereocenters. The number of amides is 1. The van der Waals surface area contributed by atoms with Crippen LogP contribution in [0.5, 0.6) is 5.75 Å². The van der Waals surface area contributed by atoms with Crippen molar-refractivity contribution in [2.75, 3.05) is 24.6 Å². The monoisotopic (exact) mass is 350 g/mol. The van der Waals surface area contributed by atoms with Gasteiger partial charge in [-0.15, -0.1) is 0 Å². The molecule has 0 aliphatic heterocycles. The first-order valence-electron chi connectivity index (χ1n) is 8.46. The van der Waals surface area contributed by atoms with E-state index in [0.717, 1.165) is 24.3 Å². The molecule has 1 amide bonds. The number of rotatable bonds is 8. The molecule has 6 heteroatoms. The van der Waals surface area contributed by atoms with E-state index in [2.05, 4.69) is 29.3 Å². The van der Waals surface area contributed by atoms with Crippen LogP contribution in [-0.2, 0) is 0 Å². The second kappa shape index (κ2) is 9.84. The predicted molar refractivity (Wildman–Crippen MR) is 103 cm³/mol. The lowest BCUT2D eigenvalue weighted by Gasteiger charge is -2.20. The average molecular weight is 350 g/mol. The van der Waals surface area contributed by atoms with Crippen molar-refractivity contribution in [1.82, 2.24) is 5.43 Å². The first-order valence-corrected chi connectivity index (χ1v) is 8.46. The lowest BCUT2D eigenvalue weighted by molar-refractivity contribution is 0.0955. The largest absolute Gasteiger partial charge is 0.479 e. The summed E-state index contributed by atoms with van der Waals surface area (Å²) in [6, 6.07) is 16.4. The molecule has 0 heterocycles. The first kappa shape index (κ1) is 19.0. The topological polar surface area (TPSA) is 77.7 Å². The molecule has 0 spiro atoms. The molecular formula is C20H22N4O2. The minimum atomic E-state index is -0.263. The number of ether oxygens (including phenoxy) is 1. The molecule has 1 N–H and O–H groups in total. The maximum atomic E-state index is 12.1. The summed E-state index contributed by atoms with van der Waals surface area (Å²) in [4.78, 5) is 14.4. The molecular weight excluding hydrogens is 328 g/mol. The molecule has 0 bridgehead atoms. The van der Waals surface area contributed by atoms with Crippen molar-refractivity contribution in [3.8, 4) is 11.8 Å². The van der Waals surface area contributed by atoms with E-state index in [1.54, 1.807) is 42.6 Å². The molecule has 0 aliphatic carbocycles. The Bertz CT molecular complexity index is 773. The molecule has 6 nitrogen and oxygen atoms in total. The Labute approximate surface area is 153 Å². The van der Waals surface area contributed by atoms with Gasteiger partial charge in [0.25, 0.3) is 5.91 Å². The number of hydrogen-bond acceptors (Lipinski definition) is 5. The van der Waals surface area contributed by atoms with Crippen LogP contribution in [0.2, 0.25) is 0 Å². The van der Waals surface area contributed by atoms with E-state index < -0.39 is 0 Å². The van der Waals surface area contributed by atoms with E-state index in [-0.39, 0.29) is 12.5 Å². The Morgan fingerprint density at radius 3 is 2.38 bits per heavy atom. The minimum Gasteiger partial charge on any atom is -0.479 e. The van der Waals surface area contributed by atoms with E-state index in [0.29, 0.717) is 11.3 Å². The summed E-state index contributed by atoms with van der Waals surface area (Å²) in [6.07, 6.45) is 1.55. The van der Waals surface area contributed by atoms with Gasteiger partial charge in [0.15, 0.2) is 6.61 Å². The molecule has 0 saturated heterocycles. The summed E-state index contributed by atoms with van der Waals surface area (Å²) in [5, 5.41) is 12.4. The lowest BCUT2D eigenvalue weighted by Crippen LogP contribution is -2.22. The standard InChI is InChI=1S/C20H22N4O2/c1-3-24(4-2)18-9-7-17(8-10-18)20(25)23-22-15-16-5-11-19(12-6-16)26-14-13-21/h5-12,15H,3-4,14H2,1-2H3,(H,23,25)/b22-15-. The summed E-state index contributed by atoms with van der Waals surface area (Å²) in [7, 11) is 0. The Kier molecular flexibility index (Phi) is 7.19. The second-order valence-electron chi connectivity index (χ2n) is 5.43. The normalized spacial score (nSPS) is 10.3. The minimum absolute atomic E-state index is 0.0105. The van der Waals surface area contributed by atoms with Gasteiger partial charge in [0.05, 0.1) is 6.21 Å². The van der Waals surface area contributed by atoms with Crippen LogP contribution in [0.25, 0.3) is 0 Å². The van der Waals surface area contributed by atoms with Gasteiger partial charge < -0.3 is 9.64 Å². The van der Waals surface area contributed by atoms with Crippen molar-refractivity contribution in [2.45, 2.75) is 13.8 Å². The SMILES string of the molecule is CCN(CC)c1ccc(C(=O)N/N=C\c2ccc(OCC#N)cc2)cc1. The van der Waals surface area contributed by atoms with Gasteiger partial charge in [-0.3, -0.25) is 4.79 Å². The van der Waals surface area contributed by atoms with Crippen LogP contribution < -0.4 is 15.1 Å². The number of nitriles is 1. The number of benzene rings is 2. The third-order valence-corrected chi connectivity index (χ3v) is 3.82. The molecule has 2 aromatic carbocycles. The van der Waals surface area contributed by atoms with Crippen LogP contribution >= 0.6 is 0 Å². The van der Waals surface area contributed by atoms with Gasteiger partial charge >= 0.3 is 0 Å². The van der Waals surface area contributed by atoms with Crippen molar-refractivity contribution in [2.24, 2.45) is 5.10 Å². The van der Waals surface area contributed by atoms with Crippen LogP contribution in [-0.4, -0.2) is 31.8 Å². The quantitative estimate of drug-likeness (QED) is 0.586. The van der Waals surface area contributed by atoms with Gasteiger partial charge in [-0.25, -0.2) is 5.43 Å². The van der Waals surface area contributed by atoms with Crippen LogP contribution in [0.15, 0.2) is 53.6 Å². The smallest absolute Gasteiger partial charge is 0.271 e. The van der Waals surface area contributed by atoms with E-state index in [9.17, 15) is 4.79 Å². The number of carbonyl (C=O) groups excluding carboxylic acids is 1. The zero-order chi connectivity index (χ0) is 18.8. The summed E-state index contributed by atoms with van der Waals surface area (Å²) in [6.45, 7) is 6.05. The lowest BCUT2D eigenvalue weighted by atomic mass is 10.2. The Balaban J connectivity index is 1.91. The molecule has 134 valence electrons. The number of hydrogen-bond donors (Lipinski definition) is 1. The highest BCUT2D eigenvalue weighted by Crippen LogP contribution is 2.15. The van der Waals surface area contributed by atoms with E-state index >= 15 is 0 Å². The predicted octanol–water partition coefficient (Wildman–Crippen LogP) is 3.20. The van der Waals surface area contributed by atoms with E-state index in [4.69, 9.17) is 10.00 Å². The third kappa shape index (κ3) is 5.35. The van der Waals surface area contributed by atoms with Crippen molar-refractivity contribution in [1.29, 1.82) is 5.26 Å². The van der Waals surface area contributed by atoms with Gasteiger partial charge in [-0.1, -0.05) is 0 Å². The number of anilines is 1. The Morgan fingerprint density at radius 1 is 1.15 bits per heavy atom. The van der Waals surface area contributed by atoms with E-state index in [1.165, 1.54) is 0 Å². The maximum absolute atomic E-state index is 12.1. The highest BCUT2D eigenvalue weighted by Gasteiger charge is 2.06. The highest BCUT2D eigenvalue weighted by molar-refractivity contribution is 5.95. The number of carbonyl (C=O) groups is 1. The molecule has 2 rings (SSSR count). The summed E-state index contributed by atoms with van der Waals surface area (Å²) < 4.78 is 5.17. The van der Waals surface area contributed by atoms with Crippen molar-refractivity contribution in [3.05, 3.63) is 59.7 Å². The Morgan fingerprint density at radius 2 is 1.81 bits per heavy atom. The number of hydrazone groups is 1. The molecule has 0 radical (unpaired) electrons. The first-order chi connectivity index (χ1) is 12.7. The molecule has 0 aromatic heterocycles. The van der Waals surface area contributed by atoms with Crippen molar-refractivity contribution in [3.63, 3.8) is 0 Å². The molecule has 0 saturated carbocycles. The zero-order valence-electron chi connectivity index (χ0n) is 15.0. The van der Waals surface area contributed by atoms with Gasteiger partial charge in [0.1, 0.15) is 11.8 Å². The molecule has 0 fully saturated rings. The van der Waals surface area contributed by atoms with Gasteiger partial charge in [0.2, 0.25) is 0 Å². The van der Waals surface area contributed by atoms with Gasteiger partial charge in [-0.05, 0) is 67.9 Å². The fourth-order valence-electron chi connectivity index (χ4n) is 2.41. The molecule has 0 atom stereocenters. The van der Waals surface area contributed by atoms with Crippen molar-refractivity contribution >= 4 is 17.8 Å². The highest BCUT2D eigenvalue weighted by atomic mass is 16.5.